The minimum absolute atomic E-state index is 0.376. The van der Waals surface area contributed by atoms with E-state index in [0.717, 1.165) is 10.6 Å². The summed E-state index contributed by atoms with van der Waals surface area (Å²) < 4.78 is 75.1. The van der Waals surface area contributed by atoms with Crippen molar-refractivity contribution in [3.8, 4) is 0 Å². The highest BCUT2D eigenvalue weighted by Crippen LogP contribution is 2.30. The molecule has 0 saturated heterocycles. The van der Waals surface area contributed by atoms with Gasteiger partial charge in [0.1, 0.15) is 5.65 Å². The summed E-state index contributed by atoms with van der Waals surface area (Å²) in [6.07, 6.45) is -3.76. The van der Waals surface area contributed by atoms with E-state index in [1.807, 2.05) is 0 Å². The summed E-state index contributed by atoms with van der Waals surface area (Å²) in [4.78, 5) is 3.22. The number of imidazole rings is 1. The van der Waals surface area contributed by atoms with Gasteiger partial charge in [-0.1, -0.05) is 6.92 Å². The number of nitrogens with zero attached hydrogens (tertiary/aromatic N) is 2. The fraction of sp³-hybridized carbons (Fsp3) is 0.300. The van der Waals surface area contributed by atoms with Crippen molar-refractivity contribution in [3.05, 3.63) is 29.8 Å². The molecule has 0 radical (unpaired) electrons. The zero-order valence-electron chi connectivity index (χ0n) is 9.57. The molecule has 2 rings (SSSR count). The first-order valence-corrected chi connectivity index (χ1v) is 6.79. The zero-order chi connectivity index (χ0) is 14.4. The lowest BCUT2D eigenvalue weighted by atomic mass is 10.2. The molecule has 0 aliphatic rings. The normalized spacial score (nSPS) is 13.1. The van der Waals surface area contributed by atoms with Crippen LogP contribution in [0.1, 0.15) is 12.5 Å². The molecule has 0 atom stereocenters. The van der Waals surface area contributed by atoms with Crippen LogP contribution in [0.25, 0.3) is 5.65 Å². The van der Waals surface area contributed by atoms with Crippen LogP contribution in [0.4, 0.5) is 17.6 Å². The van der Waals surface area contributed by atoms with Crippen LogP contribution < -0.4 is 0 Å². The van der Waals surface area contributed by atoms with Crippen molar-refractivity contribution in [1.82, 2.24) is 9.38 Å². The van der Waals surface area contributed by atoms with E-state index in [1.54, 1.807) is 0 Å². The van der Waals surface area contributed by atoms with E-state index in [1.165, 1.54) is 6.92 Å². The Bertz CT molecular complexity index is 734. The van der Waals surface area contributed by atoms with E-state index in [2.05, 4.69) is 4.98 Å². The lowest BCUT2D eigenvalue weighted by Crippen LogP contribution is -2.10. The monoisotopic (exact) mass is 296 g/mol. The Balaban J connectivity index is 2.75. The molecule has 4 nitrogen and oxygen atoms in total. The van der Waals surface area contributed by atoms with Gasteiger partial charge in [0.25, 0.3) is 5.95 Å². The molecule has 0 N–H and O–H groups in total. The Morgan fingerprint density at radius 3 is 2.53 bits per heavy atom. The molecule has 2 aromatic rings. The minimum atomic E-state index is -4.60. The quantitative estimate of drug-likeness (QED) is 0.799. The number of fused-ring (bicyclic) bond motifs is 1. The molecule has 0 aromatic carbocycles. The Morgan fingerprint density at radius 2 is 2.00 bits per heavy atom. The predicted octanol–water partition coefficient (Wildman–Crippen LogP) is 2.29. The van der Waals surface area contributed by atoms with Crippen LogP contribution in [-0.2, 0) is 16.0 Å². The maximum atomic E-state index is 13.5. The van der Waals surface area contributed by atoms with Crippen LogP contribution in [0.2, 0.25) is 0 Å². The van der Waals surface area contributed by atoms with E-state index < -0.39 is 38.2 Å². The van der Waals surface area contributed by atoms with Gasteiger partial charge in [0.2, 0.25) is 0 Å². The standard InChI is InChI=1S/C10H8F4N2O2S/c1-2-19(17,18)9-8(11)15-7-5-6(10(12,13)14)3-4-16(7)9/h3-5H,2H2,1H3. The molecule has 0 bridgehead atoms. The summed E-state index contributed by atoms with van der Waals surface area (Å²) >= 11 is 0. The second-order valence-electron chi connectivity index (χ2n) is 3.75. The van der Waals surface area contributed by atoms with E-state index in [-0.39, 0.29) is 5.75 Å². The molecule has 0 aliphatic heterocycles. The summed E-state index contributed by atoms with van der Waals surface area (Å²) in [6.45, 7) is 1.30. The van der Waals surface area contributed by atoms with Gasteiger partial charge in [-0.2, -0.15) is 22.5 Å². The molecule has 0 unspecified atom stereocenters. The smallest absolute Gasteiger partial charge is 0.288 e. The number of pyridine rings is 1. The minimum Gasteiger partial charge on any atom is -0.288 e. The molecule has 2 aromatic heterocycles. The third kappa shape index (κ3) is 2.29. The lowest BCUT2D eigenvalue weighted by Gasteiger charge is -2.07. The first kappa shape index (κ1) is 13.8. The van der Waals surface area contributed by atoms with E-state index in [9.17, 15) is 26.0 Å². The van der Waals surface area contributed by atoms with Gasteiger partial charge in [0.05, 0.1) is 11.3 Å². The van der Waals surface area contributed by atoms with Gasteiger partial charge in [-0.05, 0) is 12.1 Å². The average Bonchev–Trinajstić information content (AvgIpc) is 2.63. The highest BCUT2D eigenvalue weighted by molar-refractivity contribution is 7.91. The maximum absolute atomic E-state index is 13.5. The first-order valence-electron chi connectivity index (χ1n) is 5.14. The summed E-state index contributed by atoms with van der Waals surface area (Å²) in [5.74, 6) is -1.68. The molecule has 0 fully saturated rings. The second kappa shape index (κ2) is 4.19. The number of hydrogen-bond acceptors (Lipinski definition) is 3. The summed E-state index contributed by atoms with van der Waals surface area (Å²) in [5.41, 5.74) is -1.43. The van der Waals surface area contributed by atoms with Crippen molar-refractivity contribution in [3.63, 3.8) is 0 Å². The largest absolute Gasteiger partial charge is 0.416 e. The van der Waals surface area contributed by atoms with Gasteiger partial charge in [-0.3, -0.25) is 4.40 Å². The van der Waals surface area contributed by atoms with Gasteiger partial charge in [0, 0.05) is 6.20 Å². The Kier molecular flexibility index (Phi) is 3.04. The number of halogens is 4. The number of sulfone groups is 1. The molecule has 0 spiro atoms. The number of rotatable bonds is 2. The van der Waals surface area contributed by atoms with Gasteiger partial charge in [-0.25, -0.2) is 8.42 Å². The Hall–Kier alpha value is -1.64. The third-order valence-electron chi connectivity index (χ3n) is 2.54. The molecule has 2 heterocycles. The van der Waals surface area contributed by atoms with E-state index in [4.69, 9.17) is 0 Å². The van der Waals surface area contributed by atoms with Crippen LogP contribution in [0, 0.1) is 5.95 Å². The number of alkyl halides is 3. The van der Waals surface area contributed by atoms with Crippen molar-refractivity contribution >= 4 is 15.5 Å². The Morgan fingerprint density at radius 1 is 1.37 bits per heavy atom. The van der Waals surface area contributed by atoms with Crippen LogP contribution in [-0.4, -0.2) is 23.6 Å². The fourth-order valence-corrected chi connectivity index (χ4v) is 2.61. The molecule has 104 valence electrons. The van der Waals surface area contributed by atoms with Crippen LogP contribution >= 0.6 is 0 Å². The molecular weight excluding hydrogens is 288 g/mol. The average molecular weight is 296 g/mol. The highest BCUT2D eigenvalue weighted by Gasteiger charge is 2.32. The van der Waals surface area contributed by atoms with E-state index >= 15 is 0 Å². The van der Waals surface area contributed by atoms with Crippen LogP contribution in [0.3, 0.4) is 0 Å². The molecule has 0 saturated carbocycles. The SMILES string of the molecule is CCS(=O)(=O)c1c(F)nc2cc(C(F)(F)F)ccn12. The van der Waals surface area contributed by atoms with E-state index in [0.29, 0.717) is 12.1 Å². The van der Waals surface area contributed by atoms with Crippen molar-refractivity contribution in [2.75, 3.05) is 5.75 Å². The Labute approximate surface area is 105 Å². The van der Waals surface area contributed by atoms with Gasteiger partial charge >= 0.3 is 6.18 Å². The first-order chi connectivity index (χ1) is 8.66. The predicted molar refractivity (Wildman–Crippen MR) is 57.9 cm³/mol. The van der Waals surface area contributed by atoms with Crippen molar-refractivity contribution in [2.45, 2.75) is 18.1 Å². The molecule has 0 aliphatic carbocycles. The van der Waals surface area contributed by atoms with Crippen LogP contribution in [0.15, 0.2) is 23.4 Å². The lowest BCUT2D eigenvalue weighted by molar-refractivity contribution is -0.137. The summed E-state index contributed by atoms with van der Waals surface area (Å²) in [7, 11) is -3.92. The van der Waals surface area contributed by atoms with Gasteiger partial charge in [-0.15, -0.1) is 0 Å². The van der Waals surface area contributed by atoms with Gasteiger partial charge in [0.15, 0.2) is 14.9 Å². The fourth-order valence-electron chi connectivity index (χ4n) is 1.58. The molecule has 19 heavy (non-hydrogen) atoms. The number of aromatic nitrogens is 2. The van der Waals surface area contributed by atoms with Crippen LogP contribution in [0.5, 0.6) is 0 Å². The third-order valence-corrected chi connectivity index (χ3v) is 4.26. The summed E-state index contributed by atoms with van der Waals surface area (Å²) in [6, 6.07) is 1.26. The maximum Gasteiger partial charge on any atom is 0.416 e. The summed E-state index contributed by atoms with van der Waals surface area (Å²) in [5, 5.41) is -0.723. The molecule has 9 heteroatoms. The second-order valence-corrected chi connectivity index (χ2v) is 5.95. The highest BCUT2D eigenvalue weighted by atomic mass is 32.2. The molecular formula is C10H8F4N2O2S. The zero-order valence-corrected chi connectivity index (χ0v) is 10.4. The van der Waals surface area contributed by atoms with Gasteiger partial charge < -0.3 is 0 Å². The van der Waals surface area contributed by atoms with Crippen molar-refractivity contribution in [1.29, 1.82) is 0 Å². The topological polar surface area (TPSA) is 51.4 Å². The van der Waals surface area contributed by atoms with Crippen molar-refractivity contribution in [2.24, 2.45) is 0 Å². The van der Waals surface area contributed by atoms with Crippen molar-refractivity contribution < 1.29 is 26.0 Å². The number of hydrogen-bond donors (Lipinski definition) is 0. The molecule has 0 amide bonds.